The topological polar surface area (TPSA) is 75.4 Å². The number of fused-ring (bicyclic) bond motifs is 1. The second-order valence-electron chi connectivity index (χ2n) is 7.53. The number of likely N-dealkylation sites (tertiary alicyclic amines) is 1. The molecule has 2 aliphatic rings. The number of nitrogens with zero attached hydrogens (tertiary/aromatic N) is 5. The summed E-state index contributed by atoms with van der Waals surface area (Å²) < 4.78 is 5.09. The Morgan fingerprint density at radius 3 is 2.61 bits per heavy atom. The van der Waals surface area contributed by atoms with E-state index in [0.717, 1.165) is 25.5 Å². The standard InChI is InChI=1S/C21H21N5O2/c27-19(18-7-11-24-28-18)25-12-8-21(16-5-2-1-3-6-16)15-26(14-17(21)13-25)20-22-9-4-10-23-20/h1-7,9-11,17H,8,12-15H2. The van der Waals surface area contributed by atoms with Crippen LogP contribution >= 0.6 is 0 Å². The fourth-order valence-corrected chi connectivity index (χ4v) is 4.70. The van der Waals surface area contributed by atoms with Gasteiger partial charge in [-0.3, -0.25) is 4.79 Å². The molecule has 1 aromatic carbocycles. The van der Waals surface area contributed by atoms with Gasteiger partial charge in [-0.2, -0.15) is 0 Å². The second kappa shape index (κ2) is 6.74. The predicted molar refractivity (Wildman–Crippen MR) is 103 cm³/mol. The van der Waals surface area contributed by atoms with Gasteiger partial charge in [-0.15, -0.1) is 0 Å². The first-order valence-electron chi connectivity index (χ1n) is 9.54. The van der Waals surface area contributed by atoms with E-state index in [-0.39, 0.29) is 11.3 Å². The molecule has 2 atom stereocenters. The molecule has 7 heteroatoms. The summed E-state index contributed by atoms with van der Waals surface area (Å²) in [7, 11) is 0. The minimum absolute atomic E-state index is 0.0152. The van der Waals surface area contributed by atoms with E-state index in [1.165, 1.54) is 11.8 Å². The molecule has 2 aromatic heterocycles. The van der Waals surface area contributed by atoms with Crippen LogP contribution in [0.25, 0.3) is 0 Å². The quantitative estimate of drug-likeness (QED) is 0.700. The molecular formula is C21H21N5O2. The zero-order valence-corrected chi connectivity index (χ0v) is 15.4. The van der Waals surface area contributed by atoms with E-state index in [4.69, 9.17) is 4.52 Å². The number of piperidine rings is 1. The van der Waals surface area contributed by atoms with Crippen molar-refractivity contribution in [1.29, 1.82) is 0 Å². The fourth-order valence-electron chi connectivity index (χ4n) is 4.70. The maximum Gasteiger partial charge on any atom is 0.292 e. The van der Waals surface area contributed by atoms with Gasteiger partial charge in [-0.25, -0.2) is 9.97 Å². The van der Waals surface area contributed by atoms with Crippen molar-refractivity contribution in [2.75, 3.05) is 31.1 Å². The molecule has 4 heterocycles. The summed E-state index contributed by atoms with van der Waals surface area (Å²) in [5, 5.41) is 3.67. The largest absolute Gasteiger partial charge is 0.351 e. The Hall–Kier alpha value is -3.22. The lowest BCUT2D eigenvalue weighted by Crippen LogP contribution is -2.51. The first-order valence-corrected chi connectivity index (χ1v) is 9.54. The Labute approximate surface area is 163 Å². The molecule has 0 spiro atoms. The first kappa shape index (κ1) is 16.9. The van der Waals surface area contributed by atoms with Crippen molar-refractivity contribution >= 4 is 11.9 Å². The zero-order valence-electron chi connectivity index (χ0n) is 15.4. The molecule has 0 radical (unpaired) electrons. The summed E-state index contributed by atoms with van der Waals surface area (Å²) in [6, 6.07) is 14.1. The number of hydrogen-bond acceptors (Lipinski definition) is 6. The van der Waals surface area contributed by atoms with Crippen LogP contribution in [-0.2, 0) is 5.41 Å². The molecule has 1 amide bonds. The second-order valence-corrected chi connectivity index (χ2v) is 7.53. The van der Waals surface area contributed by atoms with Gasteiger partial charge in [0, 0.05) is 56.0 Å². The summed E-state index contributed by atoms with van der Waals surface area (Å²) in [4.78, 5) is 25.8. The molecule has 7 nitrogen and oxygen atoms in total. The molecule has 0 saturated carbocycles. The van der Waals surface area contributed by atoms with E-state index >= 15 is 0 Å². The number of carbonyl (C=O) groups is 1. The average molecular weight is 375 g/mol. The van der Waals surface area contributed by atoms with Crippen LogP contribution in [0.1, 0.15) is 22.5 Å². The molecule has 2 unspecified atom stereocenters. The summed E-state index contributed by atoms with van der Waals surface area (Å²) in [6.45, 7) is 3.04. The van der Waals surface area contributed by atoms with Crippen molar-refractivity contribution in [3.63, 3.8) is 0 Å². The highest BCUT2D eigenvalue weighted by Gasteiger charge is 2.51. The normalized spacial score (nSPS) is 24.2. The molecule has 2 fully saturated rings. The SMILES string of the molecule is O=C(c1ccno1)N1CCC2(c3ccccc3)CN(c3ncccn3)CC2C1. The monoisotopic (exact) mass is 375 g/mol. The van der Waals surface area contributed by atoms with Crippen molar-refractivity contribution < 1.29 is 9.32 Å². The van der Waals surface area contributed by atoms with E-state index in [0.29, 0.717) is 24.8 Å². The van der Waals surface area contributed by atoms with Crippen molar-refractivity contribution in [3.05, 3.63) is 72.4 Å². The van der Waals surface area contributed by atoms with E-state index in [9.17, 15) is 4.79 Å². The highest BCUT2D eigenvalue weighted by Crippen LogP contribution is 2.46. The molecule has 2 saturated heterocycles. The number of hydrogen-bond donors (Lipinski definition) is 0. The molecule has 142 valence electrons. The van der Waals surface area contributed by atoms with Gasteiger partial charge in [-0.05, 0) is 18.1 Å². The Morgan fingerprint density at radius 1 is 1.04 bits per heavy atom. The Morgan fingerprint density at radius 2 is 1.86 bits per heavy atom. The third-order valence-corrected chi connectivity index (χ3v) is 6.08. The minimum Gasteiger partial charge on any atom is -0.351 e. The van der Waals surface area contributed by atoms with Crippen LogP contribution < -0.4 is 4.90 Å². The number of benzene rings is 1. The Balaban J connectivity index is 1.47. The van der Waals surface area contributed by atoms with Crippen molar-refractivity contribution in [3.8, 4) is 0 Å². The number of aromatic nitrogens is 3. The third kappa shape index (κ3) is 2.74. The Bertz CT molecular complexity index is 947. The number of anilines is 1. The van der Waals surface area contributed by atoms with Crippen LogP contribution in [0.5, 0.6) is 0 Å². The van der Waals surface area contributed by atoms with Crippen LogP contribution in [0.15, 0.2) is 65.6 Å². The molecular weight excluding hydrogens is 354 g/mol. The fraction of sp³-hybridized carbons (Fsp3) is 0.333. The van der Waals surface area contributed by atoms with Gasteiger partial charge in [-0.1, -0.05) is 35.5 Å². The summed E-state index contributed by atoms with van der Waals surface area (Å²) >= 11 is 0. The van der Waals surface area contributed by atoms with Gasteiger partial charge < -0.3 is 14.3 Å². The predicted octanol–water partition coefficient (Wildman–Crippen LogP) is 2.38. The van der Waals surface area contributed by atoms with Crippen molar-refractivity contribution in [1.82, 2.24) is 20.0 Å². The maximum atomic E-state index is 12.8. The van der Waals surface area contributed by atoms with Gasteiger partial charge in [0.05, 0.1) is 6.20 Å². The number of carbonyl (C=O) groups excluding carboxylic acids is 1. The van der Waals surface area contributed by atoms with Gasteiger partial charge in [0.2, 0.25) is 11.7 Å². The summed E-state index contributed by atoms with van der Waals surface area (Å²) in [6.07, 6.45) is 5.96. The van der Waals surface area contributed by atoms with Crippen LogP contribution in [0, 0.1) is 5.92 Å². The summed E-state index contributed by atoms with van der Waals surface area (Å²) in [5.74, 6) is 1.25. The highest BCUT2D eigenvalue weighted by molar-refractivity contribution is 5.91. The van der Waals surface area contributed by atoms with Crippen LogP contribution in [0.2, 0.25) is 0 Å². The lowest BCUT2D eigenvalue weighted by molar-refractivity contribution is 0.0562. The molecule has 0 N–H and O–H groups in total. The number of rotatable bonds is 3. The molecule has 5 rings (SSSR count). The van der Waals surface area contributed by atoms with Crippen LogP contribution in [-0.4, -0.2) is 52.1 Å². The molecule has 3 aromatic rings. The Kier molecular flexibility index (Phi) is 4.07. The van der Waals surface area contributed by atoms with Gasteiger partial charge in [0.15, 0.2) is 0 Å². The van der Waals surface area contributed by atoms with E-state index in [1.54, 1.807) is 18.5 Å². The number of amides is 1. The van der Waals surface area contributed by atoms with Gasteiger partial charge in [0.1, 0.15) is 0 Å². The van der Waals surface area contributed by atoms with E-state index < -0.39 is 0 Å². The van der Waals surface area contributed by atoms with Gasteiger partial charge in [0.25, 0.3) is 5.91 Å². The minimum atomic E-state index is -0.0893. The van der Waals surface area contributed by atoms with E-state index in [1.807, 2.05) is 17.0 Å². The van der Waals surface area contributed by atoms with Crippen LogP contribution in [0.4, 0.5) is 5.95 Å². The lowest BCUT2D eigenvalue weighted by atomic mass is 9.68. The molecule has 2 aliphatic heterocycles. The maximum absolute atomic E-state index is 12.8. The smallest absolute Gasteiger partial charge is 0.292 e. The van der Waals surface area contributed by atoms with Crippen molar-refractivity contribution in [2.45, 2.75) is 11.8 Å². The van der Waals surface area contributed by atoms with Crippen molar-refractivity contribution in [2.24, 2.45) is 5.92 Å². The van der Waals surface area contributed by atoms with Gasteiger partial charge >= 0.3 is 0 Å². The third-order valence-electron chi connectivity index (χ3n) is 6.08. The highest BCUT2D eigenvalue weighted by atomic mass is 16.5. The molecule has 28 heavy (non-hydrogen) atoms. The zero-order chi connectivity index (χ0) is 19.0. The van der Waals surface area contributed by atoms with E-state index in [2.05, 4.69) is 44.3 Å². The first-order chi connectivity index (χ1) is 13.8. The average Bonchev–Trinajstić information content (AvgIpc) is 3.43. The van der Waals surface area contributed by atoms with Crippen LogP contribution in [0.3, 0.4) is 0 Å². The lowest BCUT2D eigenvalue weighted by Gasteiger charge is -2.43. The molecule has 0 aliphatic carbocycles. The molecule has 0 bridgehead atoms. The summed E-state index contributed by atoms with van der Waals surface area (Å²) in [5.41, 5.74) is 1.31.